The van der Waals surface area contributed by atoms with Crippen molar-refractivity contribution in [2.75, 3.05) is 0 Å². The van der Waals surface area contributed by atoms with Crippen molar-refractivity contribution in [3.8, 4) is 0 Å². The zero-order valence-electron chi connectivity index (χ0n) is 5.87. The van der Waals surface area contributed by atoms with Gasteiger partial charge in [-0.25, -0.2) is 0 Å². The summed E-state index contributed by atoms with van der Waals surface area (Å²) in [6.07, 6.45) is 0.556. The maximum Gasteiger partial charge on any atom is 0.234 e. The highest BCUT2D eigenvalue weighted by Gasteiger charge is 2.46. The minimum absolute atomic E-state index is 0.220. The quantitative estimate of drug-likeness (QED) is 0.344. The molecule has 1 heterocycles. The average molecular weight is 209 g/mol. The number of hydrazine groups is 1. The third kappa shape index (κ3) is 1.03. The van der Waals surface area contributed by atoms with Crippen molar-refractivity contribution in [1.29, 1.82) is 0 Å². The first kappa shape index (κ1) is 7.94. The van der Waals surface area contributed by atoms with E-state index in [1.165, 1.54) is 0 Å². The number of nitroso groups, excluding NO2 is 1. The fourth-order valence-electron chi connectivity index (χ4n) is 1.08. The molecule has 1 fully saturated rings. The summed E-state index contributed by atoms with van der Waals surface area (Å²) in [4.78, 5) is 11.3. The van der Waals surface area contributed by atoms with E-state index in [0.29, 0.717) is 16.5 Å². The first-order valence-electron chi connectivity index (χ1n) is 3.08. The number of alkyl halides is 1. The summed E-state index contributed by atoms with van der Waals surface area (Å²) >= 11 is 3.16. The van der Waals surface area contributed by atoms with E-state index in [1.807, 2.05) is 0 Å². The van der Waals surface area contributed by atoms with Crippen molar-refractivity contribution in [2.45, 2.75) is 30.8 Å². The van der Waals surface area contributed by atoms with E-state index in [9.17, 15) is 10.1 Å². The molecule has 0 aromatic heterocycles. The topological polar surface area (TPSA) is 46.4 Å². The van der Waals surface area contributed by atoms with Gasteiger partial charge < -0.3 is 5.21 Å². The molecule has 2 atom stereocenters. The first-order valence-corrected chi connectivity index (χ1v) is 3.87. The SMILES string of the molecule is CC1CC(C)(Br)N([O-])[N+]1=O. The second-order valence-electron chi connectivity index (χ2n) is 2.77. The monoisotopic (exact) mass is 208 g/mol. The highest BCUT2D eigenvalue weighted by molar-refractivity contribution is 9.10. The third-order valence-electron chi connectivity index (χ3n) is 1.62. The highest BCUT2D eigenvalue weighted by Crippen LogP contribution is 2.34. The summed E-state index contributed by atoms with van der Waals surface area (Å²) in [7, 11) is 0. The zero-order chi connectivity index (χ0) is 7.94. The first-order chi connectivity index (χ1) is 4.45. The Labute approximate surface area is 67.4 Å². The Kier molecular flexibility index (Phi) is 1.72. The molecule has 1 aliphatic rings. The number of hydrogen-bond acceptors (Lipinski definition) is 2. The van der Waals surface area contributed by atoms with Crippen LogP contribution < -0.4 is 0 Å². The fourth-order valence-corrected chi connectivity index (χ4v) is 1.70. The molecule has 1 aliphatic heterocycles. The smallest absolute Gasteiger partial charge is 0.234 e. The Hall–Kier alpha value is -0.160. The van der Waals surface area contributed by atoms with E-state index in [2.05, 4.69) is 15.9 Å². The number of halogens is 1. The van der Waals surface area contributed by atoms with Crippen LogP contribution in [0.4, 0.5) is 0 Å². The Morgan fingerprint density at radius 1 is 1.90 bits per heavy atom. The van der Waals surface area contributed by atoms with Crippen molar-refractivity contribution in [2.24, 2.45) is 0 Å². The minimum atomic E-state index is -0.700. The molecule has 0 radical (unpaired) electrons. The molecular weight excluding hydrogens is 200 g/mol. The molecular formula is C5H9BrN2O2. The predicted octanol–water partition coefficient (Wildman–Crippen LogP) is 1.38. The Morgan fingerprint density at radius 3 is 2.50 bits per heavy atom. The van der Waals surface area contributed by atoms with Crippen LogP contribution in [0, 0.1) is 10.1 Å². The maximum absolute atomic E-state index is 10.9. The van der Waals surface area contributed by atoms with Crippen molar-refractivity contribution in [1.82, 2.24) is 5.17 Å². The lowest BCUT2D eigenvalue weighted by molar-refractivity contribution is -0.701. The van der Waals surface area contributed by atoms with Gasteiger partial charge in [-0.2, -0.15) is 5.17 Å². The van der Waals surface area contributed by atoms with Gasteiger partial charge in [-0.3, -0.25) is 0 Å². The number of hydroxylamine groups is 1. The van der Waals surface area contributed by atoms with Crippen molar-refractivity contribution in [3.63, 3.8) is 0 Å². The molecule has 5 heteroatoms. The van der Waals surface area contributed by atoms with Crippen LogP contribution in [-0.2, 0) is 0 Å². The molecule has 0 N–H and O–H groups in total. The molecule has 0 aliphatic carbocycles. The molecule has 0 spiro atoms. The van der Waals surface area contributed by atoms with Gasteiger partial charge in [0, 0.05) is 6.92 Å². The lowest BCUT2D eigenvalue weighted by atomic mass is 10.2. The average Bonchev–Trinajstić information content (AvgIpc) is 1.95. The van der Waals surface area contributed by atoms with Gasteiger partial charge in [0.15, 0.2) is 0 Å². The third-order valence-corrected chi connectivity index (χ3v) is 2.25. The summed E-state index contributed by atoms with van der Waals surface area (Å²) in [5, 5.41) is 11.3. The molecule has 0 aromatic rings. The predicted molar refractivity (Wildman–Crippen MR) is 40.2 cm³/mol. The number of nitrogens with zero attached hydrogens (tertiary/aromatic N) is 2. The molecule has 1 rings (SSSR count). The number of hydrogen-bond donors (Lipinski definition) is 0. The minimum Gasteiger partial charge on any atom is -0.703 e. The van der Waals surface area contributed by atoms with Crippen LogP contribution in [0.1, 0.15) is 20.3 Å². The molecule has 0 amide bonds. The maximum atomic E-state index is 10.9. The van der Waals surface area contributed by atoms with E-state index >= 15 is 0 Å². The van der Waals surface area contributed by atoms with Gasteiger partial charge in [0.1, 0.15) is 9.32 Å². The summed E-state index contributed by atoms with van der Waals surface area (Å²) < 4.78 is -0.700. The highest BCUT2D eigenvalue weighted by atomic mass is 79.9. The van der Waals surface area contributed by atoms with Crippen LogP contribution in [0.25, 0.3) is 0 Å². The summed E-state index contributed by atoms with van der Waals surface area (Å²) in [6, 6.07) is -0.220. The normalized spacial score (nSPS) is 41.0. The van der Waals surface area contributed by atoms with Gasteiger partial charge in [0.2, 0.25) is 6.04 Å². The molecule has 0 bridgehead atoms. The van der Waals surface area contributed by atoms with Crippen LogP contribution in [-0.4, -0.2) is 20.5 Å². The number of rotatable bonds is 0. The Morgan fingerprint density at radius 2 is 2.40 bits per heavy atom. The second kappa shape index (κ2) is 2.17. The van der Waals surface area contributed by atoms with Crippen LogP contribution in [0.3, 0.4) is 0 Å². The molecule has 0 aromatic carbocycles. The van der Waals surface area contributed by atoms with Crippen LogP contribution in [0.15, 0.2) is 0 Å². The van der Waals surface area contributed by atoms with E-state index in [-0.39, 0.29) is 6.04 Å². The van der Waals surface area contributed by atoms with Crippen LogP contribution in [0.2, 0.25) is 0 Å². The lowest BCUT2D eigenvalue weighted by Crippen LogP contribution is -2.33. The van der Waals surface area contributed by atoms with Crippen LogP contribution >= 0.6 is 15.9 Å². The van der Waals surface area contributed by atoms with Crippen LogP contribution in [0.5, 0.6) is 0 Å². The van der Waals surface area contributed by atoms with E-state index in [0.717, 1.165) is 0 Å². The second-order valence-corrected chi connectivity index (χ2v) is 4.48. The standard InChI is InChI=1S/C5H9BrN2O2/c1-4-3-5(2,6)8(10)7(4)9/h4H,3H2,1-2H3. The van der Waals surface area contributed by atoms with Crippen molar-refractivity contribution >= 4 is 15.9 Å². The van der Waals surface area contributed by atoms with Gasteiger partial charge in [0.05, 0.1) is 11.3 Å². The lowest BCUT2D eigenvalue weighted by Gasteiger charge is -2.25. The Bertz CT molecular complexity index is 171. The van der Waals surface area contributed by atoms with Gasteiger partial charge in [-0.15, -0.1) is 0 Å². The molecule has 0 saturated carbocycles. The van der Waals surface area contributed by atoms with E-state index in [1.54, 1.807) is 13.8 Å². The fraction of sp³-hybridized carbons (Fsp3) is 1.00. The van der Waals surface area contributed by atoms with Gasteiger partial charge in [-0.05, 0) is 6.92 Å². The molecule has 10 heavy (non-hydrogen) atoms. The Balaban J connectivity index is 2.81. The van der Waals surface area contributed by atoms with Crippen molar-refractivity contribution < 1.29 is 4.87 Å². The van der Waals surface area contributed by atoms with Gasteiger partial charge in [0.25, 0.3) is 0 Å². The summed E-state index contributed by atoms with van der Waals surface area (Å²) in [6.45, 7) is 3.42. The summed E-state index contributed by atoms with van der Waals surface area (Å²) in [5.41, 5.74) is 0. The van der Waals surface area contributed by atoms with E-state index < -0.39 is 4.45 Å². The molecule has 1 saturated heterocycles. The molecule has 4 nitrogen and oxygen atoms in total. The summed E-state index contributed by atoms with van der Waals surface area (Å²) in [5.74, 6) is 0. The molecule has 58 valence electrons. The van der Waals surface area contributed by atoms with Gasteiger partial charge in [-0.1, -0.05) is 15.9 Å². The van der Waals surface area contributed by atoms with E-state index in [4.69, 9.17) is 0 Å². The zero-order valence-corrected chi connectivity index (χ0v) is 7.46. The van der Waals surface area contributed by atoms with Gasteiger partial charge >= 0.3 is 0 Å². The largest absolute Gasteiger partial charge is 0.703 e. The van der Waals surface area contributed by atoms with Crippen molar-refractivity contribution in [3.05, 3.63) is 10.1 Å². The molecule has 2 unspecified atom stereocenters.